The molecule has 152 valence electrons. The maximum absolute atomic E-state index is 12.7. The third-order valence-corrected chi connectivity index (χ3v) is 6.07. The standard InChI is InChI=1S/C23H25NO4S/c1-18-12-14-21(15-13-18)29(26,27)24-16-22(19-8-4-2-5-9-19)28-23(17-25)20-10-6-3-7-11-20/h2-15,22-25H,16-17H2,1H3/t22-,23-/m1/s1. The molecule has 2 atom stereocenters. The summed E-state index contributed by atoms with van der Waals surface area (Å²) in [5, 5.41) is 9.84. The molecule has 0 radical (unpaired) electrons. The van der Waals surface area contributed by atoms with Crippen molar-refractivity contribution in [3.05, 3.63) is 102 Å². The quantitative estimate of drug-likeness (QED) is 0.562. The molecular formula is C23H25NO4S. The van der Waals surface area contributed by atoms with E-state index in [1.165, 1.54) is 0 Å². The van der Waals surface area contributed by atoms with E-state index in [1.54, 1.807) is 24.3 Å². The number of ether oxygens (including phenoxy) is 1. The normalized spacial score (nSPS) is 13.7. The van der Waals surface area contributed by atoms with Gasteiger partial charge in [0.1, 0.15) is 6.10 Å². The first kappa shape index (κ1) is 21.2. The van der Waals surface area contributed by atoms with Gasteiger partial charge in [-0.2, -0.15) is 0 Å². The summed E-state index contributed by atoms with van der Waals surface area (Å²) in [6, 6.07) is 25.5. The lowest BCUT2D eigenvalue weighted by Gasteiger charge is -2.25. The molecule has 0 spiro atoms. The molecule has 2 N–H and O–H groups in total. The molecule has 3 rings (SSSR count). The van der Waals surface area contributed by atoms with E-state index >= 15 is 0 Å². The summed E-state index contributed by atoms with van der Waals surface area (Å²) in [6.45, 7) is 1.74. The SMILES string of the molecule is Cc1ccc(S(=O)(=O)NC[C@@H](O[C@H](CO)c2ccccc2)c2ccccc2)cc1. The lowest BCUT2D eigenvalue weighted by atomic mass is 10.1. The number of nitrogens with one attached hydrogen (secondary N) is 1. The van der Waals surface area contributed by atoms with Crippen molar-refractivity contribution in [1.82, 2.24) is 4.72 Å². The fourth-order valence-corrected chi connectivity index (χ4v) is 4.02. The Morgan fingerprint density at radius 3 is 1.86 bits per heavy atom. The molecule has 6 heteroatoms. The average Bonchev–Trinajstić information content (AvgIpc) is 2.75. The van der Waals surface area contributed by atoms with Crippen molar-refractivity contribution in [2.45, 2.75) is 24.0 Å². The van der Waals surface area contributed by atoms with Gasteiger partial charge in [0.05, 0.1) is 17.6 Å². The topological polar surface area (TPSA) is 75.6 Å². The Morgan fingerprint density at radius 2 is 1.34 bits per heavy atom. The van der Waals surface area contributed by atoms with Crippen LogP contribution in [-0.4, -0.2) is 26.7 Å². The zero-order chi connectivity index (χ0) is 20.7. The molecule has 5 nitrogen and oxygen atoms in total. The predicted octanol–water partition coefficient (Wildman–Crippen LogP) is 3.76. The van der Waals surface area contributed by atoms with Gasteiger partial charge in [-0.05, 0) is 30.2 Å². The Bertz CT molecular complexity index is 990. The van der Waals surface area contributed by atoms with Crippen LogP contribution < -0.4 is 4.72 Å². The number of hydrogen-bond acceptors (Lipinski definition) is 4. The molecule has 0 aliphatic heterocycles. The van der Waals surface area contributed by atoms with Gasteiger partial charge in [-0.25, -0.2) is 13.1 Å². The van der Waals surface area contributed by atoms with Crippen molar-refractivity contribution in [3.8, 4) is 0 Å². The molecule has 0 bridgehead atoms. The predicted molar refractivity (Wildman–Crippen MR) is 113 cm³/mol. The second kappa shape index (κ2) is 9.80. The molecule has 0 aromatic heterocycles. The number of aryl methyl sites for hydroxylation is 1. The van der Waals surface area contributed by atoms with E-state index in [9.17, 15) is 13.5 Å². The van der Waals surface area contributed by atoms with Crippen molar-refractivity contribution in [2.75, 3.05) is 13.2 Å². The third-order valence-electron chi connectivity index (χ3n) is 4.63. The summed E-state index contributed by atoms with van der Waals surface area (Å²) in [6.07, 6.45) is -1.13. The van der Waals surface area contributed by atoms with Crippen LogP contribution in [0.1, 0.15) is 28.9 Å². The van der Waals surface area contributed by atoms with Gasteiger partial charge in [-0.15, -0.1) is 0 Å². The van der Waals surface area contributed by atoms with Crippen LogP contribution in [0.15, 0.2) is 89.8 Å². The highest BCUT2D eigenvalue weighted by Gasteiger charge is 2.22. The highest BCUT2D eigenvalue weighted by molar-refractivity contribution is 7.89. The van der Waals surface area contributed by atoms with E-state index in [-0.39, 0.29) is 18.0 Å². The van der Waals surface area contributed by atoms with Crippen molar-refractivity contribution >= 4 is 10.0 Å². The van der Waals surface area contributed by atoms with E-state index in [0.717, 1.165) is 16.7 Å². The highest BCUT2D eigenvalue weighted by Crippen LogP contribution is 2.26. The van der Waals surface area contributed by atoms with E-state index in [0.29, 0.717) is 0 Å². The van der Waals surface area contributed by atoms with Crippen molar-refractivity contribution in [1.29, 1.82) is 0 Å². The summed E-state index contributed by atoms with van der Waals surface area (Å²) in [7, 11) is -3.68. The van der Waals surface area contributed by atoms with Crippen molar-refractivity contribution in [3.63, 3.8) is 0 Å². The maximum Gasteiger partial charge on any atom is 0.240 e. The number of benzene rings is 3. The van der Waals surface area contributed by atoms with Gasteiger partial charge in [0.2, 0.25) is 10.0 Å². The Morgan fingerprint density at radius 1 is 0.828 bits per heavy atom. The minimum atomic E-state index is -3.68. The molecule has 0 aliphatic carbocycles. The van der Waals surface area contributed by atoms with Crippen LogP contribution in [0.2, 0.25) is 0 Å². The summed E-state index contributed by atoms with van der Waals surface area (Å²) in [5.41, 5.74) is 2.65. The molecule has 0 unspecified atom stereocenters. The number of aliphatic hydroxyl groups excluding tert-OH is 1. The van der Waals surface area contributed by atoms with Gasteiger partial charge >= 0.3 is 0 Å². The molecule has 0 amide bonds. The number of rotatable bonds is 9. The average molecular weight is 412 g/mol. The van der Waals surface area contributed by atoms with E-state index < -0.39 is 22.2 Å². The molecule has 0 saturated heterocycles. The minimum absolute atomic E-state index is 0.0452. The summed E-state index contributed by atoms with van der Waals surface area (Å²) >= 11 is 0. The molecule has 29 heavy (non-hydrogen) atoms. The van der Waals surface area contributed by atoms with Crippen molar-refractivity contribution < 1.29 is 18.3 Å². The lowest BCUT2D eigenvalue weighted by molar-refractivity contribution is -0.0400. The van der Waals surface area contributed by atoms with Crippen LogP contribution >= 0.6 is 0 Å². The van der Waals surface area contributed by atoms with Crippen molar-refractivity contribution in [2.24, 2.45) is 0 Å². The Hall–Kier alpha value is -2.51. The van der Waals surface area contributed by atoms with Gasteiger partial charge in [0.25, 0.3) is 0 Å². The smallest absolute Gasteiger partial charge is 0.240 e. The summed E-state index contributed by atoms with van der Waals surface area (Å²) in [5.74, 6) is 0. The largest absolute Gasteiger partial charge is 0.393 e. The van der Waals surface area contributed by atoms with Gasteiger partial charge in [-0.3, -0.25) is 0 Å². The molecule has 0 aliphatic rings. The molecule has 0 fully saturated rings. The third kappa shape index (κ3) is 5.74. The Labute approximate surface area is 172 Å². The molecule has 3 aromatic carbocycles. The first-order chi connectivity index (χ1) is 14.0. The van der Waals surface area contributed by atoms with Crippen LogP contribution in [0, 0.1) is 6.92 Å². The molecular weight excluding hydrogens is 386 g/mol. The molecule has 0 heterocycles. The number of aliphatic hydroxyl groups is 1. The van der Waals surface area contributed by atoms with Gasteiger partial charge < -0.3 is 9.84 Å². The Kier molecular flexibility index (Phi) is 7.17. The van der Waals surface area contributed by atoms with Crippen LogP contribution in [0.5, 0.6) is 0 Å². The number of sulfonamides is 1. The summed E-state index contributed by atoms with van der Waals surface area (Å²) in [4.78, 5) is 0.205. The molecule has 3 aromatic rings. The van der Waals surface area contributed by atoms with Crippen LogP contribution in [0.25, 0.3) is 0 Å². The van der Waals surface area contributed by atoms with Gasteiger partial charge in [-0.1, -0.05) is 78.4 Å². The fraction of sp³-hybridized carbons (Fsp3) is 0.217. The number of hydrogen-bond donors (Lipinski definition) is 2. The van der Waals surface area contributed by atoms with Crippen LogP contribution in [0.3, 0.4) is 0 Å². The van der Waals surface area contributed by atoms with Gasteiger partial charge in [0, 0.05) is 6.54 Å². The van der Waals surface area contributed by atoms with Crippen LogP contribution in [-0.2, 0) is 14.8 Å². The maximum atomic E-state index is 12.7. The lowest BCUT2D eigenvalue weighted by Crippen LogP contribution is -2.30. The van der Waals surface area contributed by atoms with E-state index in [1.807, 2.05) is 67.6 Å². The minimum Gasteiger partial charge on any atom is -0.393 e. The van der Waals surface area contributed by atoms with Gasteiger partial charge in [0.15, 0.2) is 0 Å². The first-order valence-corrected chi connectivity index (χ1v) is 10.9. The second-order valence-corrected chi connectivity index (χ2v) is 8.55. The monoisotopic (exact) mass is 411 g/mol. The van der Waals surface area contributed by atoms with Crippen LogP contribution in [0.4, 0.5) is 0 Å². The summed E-state index contributed by atoms with van der Waals surface area (Å²) < 4.78 is 34.2. The Balaban J connectivity index is 1.80. The second-order valence-electron chi connectivity index (χ2n) is 6.78. The fourth-order valence-electron chi connectivity index (χ4n) is 2.99. The molecule has 0 saturated carbocycles. The van der Waals surface area contributed by atoms with E-state index in [2.05, 4.69) is 4.72 Å². The van der Waals surface area contributed by atoms with E-state index in [4.69, 9.17) is 4.74 Å². The first-order valence-electron chi connectivity index (χ1n) is 9.42. The zero-order valence-electron chi connectivity index (χ0n) is 16.2. The zero-order valence-corrected chi connectivity index (χ0v) is 17.0. The highest BCUT2D eigenvalue weighted by atomic mass is 32.2.